The summed E-state index contributed by atoms with van der Waals surface area (Å²) in [5, 5.41) is 2.25. The first-order chi connectivity index (χ1) is 4.74. The summed E-state index contributed by atoms with van der Waals surface area (Å²) in [6, 6.07) is 0.743. The predicted molar refractivity (Wildman–Crippen MR) is 42.7 cm³/mol. The second-order valence-corrected chi connectivity index (χ2v) is 3.08. The van der Waals surface area contributed by atoms with Crippen LogP contribution in [0.2, 0.25) is 0 Å². The highest BCUT2D eigenvalue weighted by molar-refractivity contribution is 4.77. The first-order valence-corrected chi connectivity index (χ1v) is 3.83. The van der Waals surface area contributed by atoms with E-state index >= 15 is 0 Å². The summed E-state index contributed by atoms with van der Waals surface area (Å²) in [5.74, 6) is 0. The fourth-order valence-corrected chi connectivity index (χ4v) is 1.37. The molecular formula is C7H17N3. The lowest BCUT2D eigenvalue weighted by Gasteiger charge is -2.19. The number of likely N-dealkylation sites (N-methyl/N-ethyl adjacent to an activating group) is 1. The minimum absolute atomic E-state index is 0.743. The Morgan fingerprint density at radius 3 is 2.50 bits per heavy atom. The van der Waals surface area contributed by atoms with E-state index in [1.807, 2.05) is 7.05 Å². The lowest BCUT2D eigenvalue weighted by atomic mass is 10.2. The highest BCUT2D eigenvalue weighted by atomic mass is 15.5. The normalized spacial score (nSPS) is 28.2. The minimum atomic E-state index is 0.743. The molecule has 0 radical (unpaired) electrons. The second kappa shape index (κ2) is 3.32. The van der Waals surface area contributed by atoms with Gasteiger partial charge in [-0.2, -0.15) is 0 Å². The molecule has 0 aromatic carbocycles. The number of nitrogens with zero attached hydrogens (tertiary/aromatic N) is 2. The van der Waals surface area contributed by atoms with Gasteiger partial charge in [0.15, 0.2) is 0 Å². The smallest absolute Gasteiger partial charge is 0.0287 e. The van der Waals surface area contributed by atoms with Crippen LogP contribution in [0.25, 0.3) is 0 Å². The summed E-state index contributed by atoms with van der Waals surface area (Å²) in [6.45, 7) is 2.34. The summed E-state index contributed by atoms with van der Waals surface area (Å²) < 4.78 is 0. The van der Waals surface area contributed by atoms with Gasteiger partial charge in [-0.15, -0.1) is 0 Å². The standard InChI is InChI=1S/C7H17N3/c1-8-10-5-4-7(6-10)9(2)3/h7-8H,4-6H2,1-3H3. The molecular weight excluding hydrogens is 126 g/mol. The highest BCUT2D eigenvalue weighted by Crippen LogP contribution is 2.09. The Hall–Kier alpha value is -0.120. The third kappa shape index (κ3) is 1.68. The maximum atomic E-state index is 3.16. The van der Waals surface area contributed by atoms with E-state index in [0.29, 0.717) is 0 Å². The molecule has 1 unspecified atom stereocenters. The van der Waals surface area contributed by atoms with Crippen molar-refractivity contribution >= 4 is 0 Å². The highest BCUT2D eigenvalue weighted by Gasteiger charge is 2.22. The third-order valence-corrected chi connectivity index (χ3v) is 2.21. The van der Waals surface area contributed by atoms with E-state index in [1.54, 1.807) is 0 Å². The number of hydrogen-bond donors (Lipinski definition) is 1. The van der Waals surface area contributed by atoms with Gasteiger partial charge in [0, 0.05) is 19.1 Å². The lowest BCUT2D eigenvalue weighted by Crippen LogP contribution is -2.36. The van der Waals surface area contributed by atoms with Gasteiger partial charge < -0.3 is 4.90 Å². The largest absolute Gasteiger partial charge is 0.305 e. The van der Waals surface area contributed by atoms with Crippen LogP contribution >= 0.6 is 0 Å². The topological polar surface area (TPSA) is 18.5 Å². The predicted octanol–water partition coefficient (Wildman–Crippen LogP) is -0.243. The Morgan fingerprint density at radius 1 is 1.50 bits per heavy atom. The van der Waals surface area contributed by atoms with Crippen molar-refractivity contribution in [1.82, 2.24) is 15.3 Å². The monoisotopic (exact) mass is 143 g/mol. The van der Waals surface area contributed by atoms with Crippen molar-refractivity contribution in [3.63, 3.8) is 0 Å². The molecule has 0 aliphatic carbocycles. The van der Waals surface area contributed by atoms with Crippen molar-refractivity contribution < 1.29 is 0 Å². The SMILES string of the molecule is CNN1CCC(N(C)C)C1. The average Bonchev–Trinajstić information content (AvgIpc) is 2.34. The van der Waals surface area contributed by atoms with E-state index in [1.165, 1.54) is 13.0 Å². The van der Waals surface area contributed by atoms with E-state index in [0.717, 1.165) is 12.6 Å². The summed E-state index contributed by atoms with van der Waals surface area (Å²) in [4.78, 5) is 2.29. The molecule has 1 rings (SSSR count). The van der Waals surface area contributed by atoms with Crippen LogP contribution in [-0.4, -0.2) is 50.2 Å². The number of rotatable bonds is 2. The van der Waals surface area contributed by atoms with Crippen LogP contribution in [-0.2, 0) is 0 Å². The molecule has 0 amide bonds. The van der Waals surface area contributed by atoms with Gasteiger partial charge in [-0.25, -0.2) is 5.01 Å². The molecule has 0 aromatic heterocycles. The van der Waals surface area contributed by atoms with Gasteiger partial charge in [-0.1, -0.05) is 0 Å². The summed E-state index contributed by atoms with van der Waals surface area (Å²) in [5.41, 5.74) is 3.16. The van der Waals surface area contributed by atoms with Crippen molar-refractivity contribution in [2.75, 3.05) is 34.2 Å². The van der Waals surface area contributed by atoms with Crippen LogP contribution in [0.3, 0.4) is 0 Å². The van der Waals surface area contributed by atoms with Crippen molar-refractivity contribution in [3.05, 3.63) is 0 Å². The fraction of sp³-hybridized carbons (Fsp3) is 1.00. The van der Waals surface area contributed by atoms with Crippen molar-refractivity contribution in [2.45, 2.75) is 12.5 Å². The first kappa shape index (κ1) is 7.98. The van der Waals surface area contributed by atoms with Gasteiger partial charge in [-0.3, -0.25) is 5.43 Å². The lowest BCUT2D eigenvalue weighted by molar-refractivity contribution is 0.226. The average molecular weight is 143 g/mol. The molecule has 0 saturated carbocycles. The molecule has 1 aliphatic heterocycles. The van der Waals surface area contributed by atoms with Gasteiger partial charge in [0.1, 0.15) is 0 Å². The molecule has 1 N–H and O–H groups in total. The van der Waals surface area contributed by atoms with Gasteiger partial charge in [0.05, 0.1) is 0 Å². The molecule has 10 heavy (non-hydrogen) atoms. The van der Waals surface area contributed by atoms with E-state index < -0.39 is 0 Å². The molecule has 0 spiro atoms. The molecule has 1 aliphatic rings. The van der Waals surface area contributed by atoms with Crippen LogP contribution < -0.4 is 5.43 Å². The summed E-state index contributed by atoms with van der Waals surface area (Å²) >= 11 is 0. The van der Waals surface area contributed by atoms with Crippen molar-refractivity contribution in [1.29, 1.82) is 0 Å². The molecule has 1 fully saturated rings. The molecule has 1 heterocycles. The zero-order valence-corrected chi connectivity index (χ0v) is 7.09. The molecule has 1 saturated heterocycles. The molecule has 3 heteroatoms. The first-order valence-electron chi connectivity index (χ1n) is 3.83. The summed E-state index contributed by atoms with van der Waals surface area (Å²) in [7, 11) is 6.27. The fourth-order valence-electron chi connectivity index (χ4n) is 1.37. The zero-order valence-electron chi connectivity index (χ0n) is 7.09. The van der Waals surface area contributed by atoms with Crippen LogP contribution in [0.4, 0.5) is 0 Å². The van der Waals surface area contributed by atoms with E-state index in [9.17, 15) is 0 Å². The molecule has 0 aromatic rings. The van der Waals surface area contributed by atoms with E-state index in [2.05, 4.69) is 29.4 Å². The Bertz CT molecular complexity index is 103. The Labute approximate surface area is 63.0 Å². The summed E-state index contributed by atoms with van der Waals surface area (Å²) in [6.07, 6.45) is 1.29. The van der Waals surface area contributed by atoms with Gasteiger partial charge in [-0.05, 0) is 27.6 Å². The molecule has 3 nitrogen and oxygen atoms in total. The zero-order chi connectivity index (χ0) is 7.56. The number of nitrogens with one attached hydrogen (secondary N) is 1. The molecule has 1 atom stereocenters. The van der Waals surface area contributed by atoms with E-state index in [-0.39, 0.29) is 0 Å². The maximum absolute atomic E-state index is 3.16. The van der Waals surface area contributed by atoms with Gasteiger partial charge >= 0.3 is 0 Å². The Morgan fingerprint density at radius 2 is 2.20 bits per heavy atom. The number of hydrazine groups is 1. The molecule has 60 valence electrons. The molecule has 0 bridgehead atoms. The quantitative estimate of drug-likeness (QED) is 0.575. The van der Waals surface area contributed by atoms with Crippen LogP contribution in [0, 0.1) is 0 Å². The van der Waals surface area contributed by atoms with Gasteiger partial charge in [0.25, 0.3) is 0 Å². The maximum Gasteiger partial charge on any atom is 0.0287 e. The Kier molecular flexibility index (Phi) is 2.65. The number of hydrogen-bond acceptors (Lipinski definition) is 3. The second-order valence-electron chi connectivity index (χ2n) is 3.08. The van der Waals surface area contributed by atoms with Crippen LogP contribution in [0.15, 0.2) is 0 Å². The minimum Gasteiger partial charge on any atom is -0.305 e. The van der Waals surface area contributed by atoms with E-state index in [4.69, 9.17) is 0 Å². The third-order valence-electron chi connectivity index (χ3n) is 2.21. The van der Waals surface area contributed by atoms with Crippen molar-refractivity contribution in [2.24, 2.45) is 0 Å². The Balaban J connectivity index is 2.28. The van der Waals surface area contributed by atoms with Crippen molar-refractivity contribution in [3.8, 4) is 0 Å². The van der Waals surface area contributed by atoms with Crippen LogP contribution in [0.1, 0.15) is 6.42 Å². The van der Waals surface area contributed by atoms with Crippen LogP contribution in [0.5, 0.6) is 0 Å². The van der Waals surface area contributed by atoms with Gasteiger partial charge in [0.2, 0.25) is 0 Å².